The van der Waals surface area contributed by atoms with Crippen molar-refractivity contribution < 1.29 is 4.79 Å². The topological polar surface area (TPSA) is 23.6 Å². The summed E-state index contributed by atoms with van der Waals surface area (Å²) in [5.74, 6) is 0.233. The van der Waals surface area contributed by atoms with Crippen molar-refractivity contribution in [3.8, 4) is 0 Å². The Balaban J connectivity index is 2.05. The van der Waals surface area contributed by atoms with Gasteiger partial charge in [0.2, 0.25) is 0 Å². The molecule has 2 aliphatic rings. The minimum atomic E-state index is 0.0491. The zero-order valence-corrected chi connectivity index (χ0v) is 16.2. The van der Waals surface area contributed by atoms with Gasteiger partial charge in [-0.05, 0) is 38.0 Å². The molecule has 0 aromatic heterocycles. The first-order chi connectivity index (χ1) is 12.4. The van der Waals surface area contributed by atoms with Crippen LogP contribution >= 0.6 is 0 Å². The van der Waals surface area contributed by atoms with E-state index in [1.54, 1.807) is 0 Å². The van der Waals surface area contributed by atoms with Gasteiger partial charge in [0.15, 0.2) is 0 Å². The maximum Gasteiger partial charge on any atom is 0.253 e. The summed E-state index contributed by atoms with van der Waals surface area (Å²) in [5.41, 5.74) is 6.78. The Bertz CT molecular complexity index is 912. The molecule has 0 saturated carbocycles. The van der Waals surface area contributed by atoms with Crippen molar-refractivity contribution in [2.45, 2.75) is 45.7 Å². The van der Waals surface area contributed by atoms with Crippen LogP contribution in [0.4, 0.5) is 5.69 Å². The van der Waals surface area contributed by atoms with Crippen molar-refractivity contribution in [3.63, 3.8) is 0 Å². The van der Waals surface area contributed by atoms with Crippen LogP contribution in [0.15, 0.2) is 54.1 Å². The number of amides is 1. The standard InChI is InChI=1S/C23H26N2O/c1-14(2)25-16(4)18-11-6-7-12-19(18)22-21(23(25)26)15(3)17-10-8-9-13-20(17)24(22)5/h6-16H,1-5H3/t15-,16+/m1/s1. The highest BCUT2D eigenvalue weighted by atomic mass is 16.2. The van der Waals surface area contributed by atoms with Gasteiger partial charge in [0.25, 0.3) is 5.91 Å². The van der Waals surface area contributed by atoms with Gasteiger partial charge >= 0.3 is 0 Å². The fraction of sp³-hybridized carbons (Fsp3) is 0.348. The highest BCUT2D eigenvalue weighted by Crippen LogP contribution is 2.48. The molecule has 0 spiro atoms. The number of benzene rings is 2. The predicted octanol–water partition coefficient (Wildman–Crippen LogP) is 4.96. The SMILES string of the molecule is CC(C)N1C(=O)C2=C(c3ccccc3[C@@H]1C)N(C)c1ccccc1[C@H]2C. The maximum atomic E-state index is 13.7. The van der Waals surface area contributed by atoms with Crippen LogP contribution in [0.25, 0.3) is 5.70 Å². The van der Waals surface area contributed by atoms with Crippen LogP contribution in [0.2, 0.25) is 0 Å². The lowest BCUT2D eigenvalue weighted by Crippen LogP contribution is -2.40. The summed E-state index contributed by atoms with van der Waals surface area (Å²) < 4.78 is 0. The number of hydrogen-bond acceptors (Lipinski definition) is 2. The Kier molecular flexibility index (Phi) is 3.91. The van der Waals surface area contributed by atoms with Crippen molar-refractivity contribution in [1.29, 1.82) is 0 Å². The number of anilines is 1. The molecule has 0 saturated heterocycles. The minimum Gasteiger partial charge on any atom is -0.343 e. The molecule has 2 heterocycles. The molecule has 3 heteroatoms. The number of hydrogen-bond donors (Lipinski definition) is 0. The Hall–Kier alpha value is -2.55. The molecule has 4 rings (SSSR count). The van der Waals surface area contributed by atoms with Crippen molar-refractivity contribution in [3.05, 3.63) is 70.8 Å². The first kappa shape index (κ1) is 16.9. The maximum absolute atomic E-state index is 13.7. The van der Waals surface area contributed by atoms with Crippen molar-refractivity contribution >= 4 is 17.3 Å². The Morgan fingerprint density at radius 2 is 1.54 bits per heavy atom. The summed E-state index contributed by atoms with van der Waals surface area (Å²) in [6, 6.07) is 17.1. The van der Waals surface area contributed by atoms with Gasteiger partial charge in [-0.15, -0.1) is 0 Å². The molecule has 2 atom stereocenters. The van der Waals surface area contributed by atoms with E-state index in [0.717, 1.165) is 11.3 Å². The number of nitrogens with zero attached hydrogens (tertiary/aromatic N) is 2. The average molecular weight is 346 g/mol. The number of fused-ring (bicyclic) bond motifs is 3. The first-order valence-corrected chi connectivity index (χ1v) is 9.42. The molecular weight excluding hydrogens is 320 g/mol. The van der Waals surface area contributed by atoms with Gasteiger partial charge in [-0.25, -0.2) is 0 Å². The third-order valence-corrected chi connectivity index (χ3v) is 5.89. The summed E-state index contributed by atoms with van der Waals surface area (Å²) in [7, 11) is 2.08. The van der Waals surface area contributed by atoms with E-state index in [9.17, 15) is 4.79 Å². The molecule has 0 unspecified atom stereocenters. The highest BCUT2D eigenvalue weighted by Gasteiger charge is 2.40. The molecule has 1 amide bonds. The molecule has 2 aromatic rings. The molecule has 2 aromatic carbocycles. The quantitative estimate of drug-likeness (QED) is 0.728. The van der Waals surface area contributed by atoms with Gasteiger partial charge < -0.3 is 9.80 Å². The Labute approximate surface area is 155 Å². The van der Waals surface area contributed by atoms with Gasteiger partial charge in [-0.3, -0.25) is 4.79 Å². The largest absolute Gasteiger partial charge is 0.343 e. The highest BCUT2D eigenvalue weighted by molar-refractivity contribution is 6.08. The predicted molar refractivity (Wildman–Crippen MR) is 107 cm³/mol. The van der Waals surface area contributed by atoms with Gasteiger partial charge in [-0.2, -0.15) is 0 Å². The van der Waals surface area contributed by atoms with E-state index in [1.807, 2.05) is 4.90 Å². The molecule has 0 radical (unpaired) electrons. The lowest BCUT2D eigenvalue weighted by Gasteiger charge is -2.37. The van der Waals surface area contributed by atoms with Crippen molar-refractivity contribution in [1.82, 2.24) is 4.90 Å². The third kappa shape index (κ3) is 2.23. The van der Waals surface area contributed by atoms with Gasteiger partial charge in [0, 0.05) is 35.8 Å². The van der Waals surface area contributed by atoms with Crippen LogP contribution < -0.4 is 4.90 Å². The summed E-state index contributed by atoms with van der Waals surface area (Å²) in [6.45, 7) is 8.52. The minimum absolute atomic E-state index is 0.0491. The summed E-state index contributed by atoms with van der Waals surface area (Å²) >= 11 is 0. The van der Waals surface area contributed by atoms with Crippen LogP contribution in [0.5, 0.6) is 0 Å². The lowest BCUT2D eigenvalue weighted by atomic mass is 9.83. The van der Waals surface area contributed by atoms with Gasteiger partial charge in [0.1, 0.15) is 0 Å². The zero-order valence-electron chi connectivity index (χ0n) is 16.2. The van der Waals surface area contributed by atoms with Crippen molar-refractivity contribution in [2.75, 3.05) is 11.9 Å². The van der Waals surface area contributed by atoms with Gasteiger partial charge in [-0.1, -0.05) is 49.4 Å². The van der Waals surface area contributed by atoms with E-state index in [2.05, 4.69) is 88.2 Å². The van der Waals surface area contributed by atoms with E-state index in [0.29, 0.717) is 0 Å². The monoisotopic (exact) mass is 346 g/mol. The normalized spacial score (nSPS) is 22.2. The molecule has 0 fully saturated rings. The lowest BCUT2D eigenvalue weighted by molar-refractivity contribution is -0.131. The van der Waals surface area contributed by atoms with Crippen LogP contribution in [0.3, 0.4) is 0 Å². The van der Waals surface area contributed by atoms with Crippen LogP contribution in [-0.2, 0) is 4.79 Å². The van der Waals surface area contributed by atoms with Crippen LogP contribution in [0, 0.1) is 0 Å². The molecule has 0 bridgehead atoms. The zero-order chi connectivity index (χ0) is 18.6. The molecule has 0 N–H and O–H groups in total. The summed E-state index contributed by atoms with van der Waals surface area (Å²) in [5, 5.41) is 0. The van der Waals surface area contributed by atoms with Crippen LogP contribution in [-0.4, -0.2) is 23.9 Å². The van der Waals surface area contributed by atoms with Gasteiger partial charge in [0.05, 0.1) is 11.7 Å². The molecule has 3 nitrogen and oxygen atoms in total. The molecular formula is C23H26N2O. The fourth-order valence-electron chi connectivity index (χ4n) is 4.66. The molecule has 0 aliphatic carbocycles. The smallest absolute Gasteiger partial charge is 0.253 e. The first-order valence-electron chi connectivity index (χ1n) is 9.42. The Morgan fingerprint density at radius 1 is 0.923 bits per heavy atom. The Morgan fingerprint density at radius 3 is 2.23 bits per heavy atom. The third-order valence-electron chi connectivity index (χ3n) is 5.89. The van der Waals surface area contributed by atoms with E-state index < -0.39 is 0 Å². The molecule has 134 valence electrons. The van der Waals surface area contributed by atoms with E-state index in [-0.39, 0.29) is 23.9 Å². The second-order valence-corrected chi connectivity index (χ2v) is 7.67. The number of para-hydroxylation sites is 1. The molecule has 2 aliphatic heterocycles. The summed E-state index contributed by atoms with van der Waals surface area (Å²) in [6.07, 6.45) is 0. The van der Waals surface area contributed by atoms with Crippen molar-refractivity contribution in [2.24, 2.45) is 0 Å². The fourth-order valence-corrected chi connectivity index (χ4v) is 4.66. The van der Waals surface area contributed by atoms with Crippen LogP contribution in [0.1, 0.15) is 56.3 Å². The number of rotatable bonds is 1. The van der Waals surface area contributed by atoms with E-state index >= 15 is 0 Å². The second kappa shape index (κ2) is 6.01. The number of carbonyl (C=O) groups excluding carboxylic acids is 1. The summed E-state index contributed by atoms with van der Waals surface area (Å²) in [4.78, 5) is 18.0. The second-order valence-electron chi connectivity index (χ2n) is 7.67. The van der Waals surface area contributed by atoms with E-state index in [4.69, 9.17) is 0 Å². The average Bonchev–Trinajstić information content (AvgIpc) is 2.73. The number of carbonyl (C=O) groups is 1. The van der Waals surface area contributed by atoms with E-state index in [1.165, 1.54) is 22.4 Å². The molecule has 26 heavy (non-hydrogen) atoms.